The number of rotatable bonds is 0. The standard InChI is InChI=1S/C6H11N.C6H6.C2H6/c1-5-7-6(2,3)4;1-2-4-6-5-3-1;1-2/h1H2,2-4H3;1-6H;1-2H3. The van der Waals surface area contributed by atoms with Gasteiger partial charge in [-0.1, -0.05) is 50.2 Å². The Labute approximate surface area is 94.6 Å². The number of hydrogen-bond acceptors (Lipinski definition) is 1. The molecule has 1 heteroatoms. The van der Waals surface area contributed by atoms with Gasteiger partial charge in [-0.3, -0.25) is 0 Å². The Kier molecular flexibility index (Phi) is 11.5. The summed E-state index contributed by atoms with van der Waals surface area (Å²) >= 11 is 0. The molecule has 0 saturated heterocycles. The third kappa shape index (κ3) is 19.2. The second-order valence-electron chi connectivity index (χ2n) is 3.60. The van der Waals surface area contributed by atoms with Crippen molar-refractivity contribution in [3.8, 4) is 0 Å². The topological polar surface area (TPSA) is 12.4 Å². The highest BCUT2D eigenvalue weighted by molar-refractivity contribution is 5.47. The third-order valence-electron chi connectivity index (χ3n) is 1.08. The average Bonchev–Trinajstić information content (AvgIpc) is 2.22. The van der Waals surface area contributed by atoms with E-state index in [2.05, 4.69) is 17.4 Å². The van der Waals surface area contributed by atoms with Crippen LogP contribution in [0.25, 0.3) is 0 Å². The van der Waals surface area contributed by atoms with Crippen LogP contribution in [0.3, 0.4) is 0 Å². The number of aliphatic imine (C=N–C) groups is 1. The van der Waals surface area contributed by atoms with Gasteiger partial charge in [-0.2, -0.15) is 0 Å². The van der Waals surface area contributed by atoms with Crippen molar-refractivity contribution in [2.75, 3.05) is 0 Å². The lowest BCUT2D eigenvalue weighted by atomic mass is 10.1. The Morgan fingerprint density at radius 1 is 0.867 bits per heavy atom. The molecule has 0 heterocycles. The summed E-state index contributed by atoms with van der Waals surface area (Å²) in [6.07, 6.45) is 0. The zero-order valence-corrected chi connectivity index (χ0v) is 10.6. The molecule has 0 aliphatic carbocycles. The van der Waals surface area contributed by atoms with Crippen molar-refractivity contribution in [2.45, 2.75) is 40.2 Å². The van der Waals surface area contributed by atoms with E-state index in [0.717, 1.165) is 0 Å². The molecule has 0 bridgehead atoms. The van der Waals surface area contributed by atoms with Crippen LogP contribution in [0.4, 0.5) is 0 Å². The van der Waals surface area contributed by atoms with Gasteiger partial charge in [0, 0.05) is 0 Å². The molecule has 15 heavy (non-hydrogen) atoms. The molecule has 0 atom stereocenters. The Morgan fingerprint density at radius 2 is 1.13 bits per heavy atom. The first kappa shape index (κ1) is 16.1. The van der Waals surface area contributed by atoms with E-state index >= 15 is 0 Å². The predicted octanol–water partition coefficient (Wildman–Crippen LogP) is 4.35. The van der Waals surface area contributed by atoms with E-state index in [9.17, 15) is 0 Å². The Morgan fingerprint density at radius 3 is 1.20 bits per heavy atom. The summed E-state index contributed by atoms with van der Waals surface area (Å²) < 4.78 is 0. The van der Waals surface area contributed by atoms with Crippen LogP contribution < -0.4 is 0 Å². The molecule has 1 aromatic carbocycles. The van der Waals surface area contributed by atoms with Crippen LogP contribution in [0.1, 0.15) is 34.6 Å². The highest BCUT2D eigenvalue weighted by Crippen LogP contribution is 2.02. The minimum atomic E-state index is 0.00174. The van der Waals surface area contributed by atoms with Crippen molar-refractivity contribution in [3.05, 3.63) is 43.0 Å². The number of benzene rings is 1. The largest absolute Gasteiger partial charge is 0.238 e. The molecule has 0 fully saturated rings. The molecule has 1 rings (SSSR count). The van der Waals surface area contributed by atoms with Crippen LogP contribution in [0.15, 0.2) is 48.0 Å². The molecule has 1 nitrogen and oxygen atoms in total. The smallest absolute Gasteiger partial charge is 0.0617 e. The zero-order valence-electron chi connectivity index (χ0n) is 10.6. The van der Waals surface area contributed by atoms with Gasteiger partial charge in [-0.25, -0.2) is 4.99 Å². The molecule has 0 saturated carbocycles. The summed E-state index contributed by atoms with van der Waals surface area (Å²) in [5, 5.41) is 0. The SMILES string of the molecule is C=C=NC(C)(C)C.CC.c1ccccc1. The van der Waals surface area contributed by atoms with Gasteiger partial charge in [0.25, 0.3) is 0 Å². The van der Waals surface area contributed by atoms with E-state index in [4.69, 9.17) is 0 Å². The van der Waals surface area contributed by atoms with E-state index in [1.165, 1.54) is 0 Å². The molecule has 0 aromatic heterocycles. The lowest BCUT2D eigenvalue weighted by molar-refractivity contribution is 0.588. The molecule has 0 unspecified atom stereocenters. The monoisotopic (exact) mass is 205 g/mol. The first-order chi connectivity index (χ1) is 7.06. The van der Waals surface area contributed by atoms with Crippen LogP contribution in [-0.2, 0) is 0 Å². The van der Waals surface area contributed by atoms with Crippen molar-refractivity contribution in [1.82, 2.24) is 0 Å². The van der Waals surface area contributed by atoms with Crippen LogP contribution in [-0.4, -0.2) is 11.4 Å². The van der Waals surface area contributed by atoms with E-state index in [-0.39, 0.29) is 5.54 Å². The summed E-state index contributed by atoms with van der Waals surface area (Å²) in [4.78, 5) is 3.90. The summed E-state index contributed by atoms with van der Waals surface area (Å²) in [5.74, 6) is 2.48. The summed E-state index contributed by atoms with van der Waals surface area (Å²) in [6.45, 7) is 13.4. The highest BCUT2D eigenvalue weighted by atomic mass is 14.8. The maximum Gasteiger partial charge on any atom is 0.0617 e. The molecular weight excluding hydrogens is 182 g/mol. The summed E-state index contributed by atoms with van der Waals surface area (Å²) in [6, 6.07) is 12.0. The Balaban J connectivity index is 0. The fraction of sp³-hybridized carbons (Fsp3) is 0.429. The molecule has 84 valence electrons. The number of hydrogen-bond donors (Lipinski definition) is 0. The van der Waals surface area contributed by atoms with Gasteiger partial charge in [-0.15, -0.1) is 0 Å². The maximum atomic E-state index is 3.90. The van der Waals surface area contributed by atoms with Gasteiger partial charge in [-0.05, 0) is 33.2 Å². The van der Waals surface area contributed by atoms with E-state index in [1.54, 1.807) is 0 Å². The van der Waals surface area contributed by atoms with Crippen molar-refractivity contribution >= 4 is 5.87 Å². The average molecular weight is 205 g/mol. The van der Waals surface area contributed by atoms with Crippen molar-refractivity contribution in [1.29, 1.82) is 0 Å². The Hall–Kier alpha value is -1.33. The van der Waals surface area contributed by atoms with E-state index in [0.29, 0.717) is 0 Å². The van der Waals surface area contributed by atoms with Gasteiger partial charge in [0.2, 0.25) is 0 Å². The zero-order chi connectivity index (χ0) is 12.2. The van der Waals surface area contributed by atoms with Gasteiger partial charge in [0.15, 0.2) is 0 Å². The quantitative estimate of drug-likeness (QED) is 0.558. The second-order valence-corrected chi connectivity index (χ2v) is 3.60. The van der Waals surface area contributed by atoms with Crippen molar-refractivity contribution in [3.63, 3.8) is 0 Å². The molecule has 0 aliphatic rings. The lowest BCUT2D eigenvalue weighted by Crippen LogP contribution is -2.07. The van der Waals surface area contributed by atoms with Crippen molar-refractivity contribution in [2.24, 2.45) is 4.99 Å². The molecule has 0 radical (unpaired) electrons. The molecule has 0 amide bonds. The van der Waals surface area contributed by atoms with Gasteiger partial charge >= 0.3 is 0 Å². The minimum absolute atomic E-state index is 0.00174. The molecular formula is C14H23N. The van der Waals surface area contributed by atoms with Crippen LogP contribution in [0.2, 0.25) is 0 Å². The third-order valence-corrected chi connectivity index (χ3v) is 1.08. The predicted molar refractivity (Wildman–Crippen MR) is 70.6 cm³/mol. The Bertz CT molecular complexity index is 224. The molecule has 0 aliphatic heterocycles. The maximum absolute atomic E-state index is 3.90. The van der Waals surface area contributed by atoms with Crippen molar-refractivity contribution < 1.29 is 0 Å². The first-order valence-corrected chi connectivity index (χ1v) is 5.30. The molecule has 0 N–H and O–H groups in total. The van der Waals surface area contributed by atoms with Crippen LogP contribution in [0, 0.1) is 0 Å². The fourth-order valence-electron chi connectivity index (χ4n) is 0.622. The van der Waals surface area contributed by atoms with Gasteiger partial charge < -0.3 is 0 Å². The summed E-state index contributed by atoms with van der Waals surface area (Å²) in [7, 11) is 0. The second kappa shape index (κ2) is 10.7. The lowest BCUT2D eigenvalue weighted by Gasteiger charge is -2.06. The molecule has 1 aromatic rings. The van der Waals surface area contributed by atoms with E-state index < -0.39 is 0 Å². The number of nitrogens with zero attached hydrogens (tertiary/aromatic N) is 1. The van der Waals surface area contributed by atoms with E-state index in [1.807, 2.05) is 71.0 Å². The van der Waals surface area contributed by atoms with Gasteiger partial charge in [0.1, 0.15) is 0 Å². The highest BCUT2D eigenvalue weighted by Gasteiger charge is 2.02. The minimum Gasteiger partial charge on any atom is -0.238 e. The fourth-order valence-corrected chi connectivity index (χ4v) is 0.622. The van der Waals surface area contributed by atoms with Crippen LogP contribution >= 0.6 is 0 Å². The summed E-state index contributed by atoms with van der Waals surface area (Å²) in [5.41, 5.74) is 0.00174. The normalized spacial score (nSPS) is 8.33. The first-order valence-electron chi connectivity index (χ1n) is 5.30. The van der Waals surface area contributed by atoms with Crippen LogP contribution in [0.5, 0.6) is 0 Å². The van der Waals surface area contributed by atoms with Gasteiger partial charge in [0.05, 0.1) is 5.54 Å². The molecule has 0 spiro atoms.